The molecule has 9 heteroatoms. The molecule has 1 saturated heterocycles. The summed E-state index contributed by atoms with van der Waals surface area (Å²) >= 11 is 2.34. The highest BCUT2D eigenvalue weighted by Gasteiger charge is 2.34. The molecule has 4 nitrogen and oxygen atoms in total. The van der Waals surface area contributed by atoms with Gasteiger partial charge in [-0.25, -0.2) is 0 Å². The van der Waals surface area contributed by atoms with E-state index in [1.165, 1.54) is 18.2 Å². The molecule has 0 unspecified atom stereocenters. The lowest BCUT2D eigenvalue weighted by atomic mass is 9.71. The van der Waals surface area contributed by atoms with Crippen LogP contribution in [0.15, 0.2) is 58.1 Å². The quantitative estimate of drug-likeness (QED) is 0.340. The molecule has 2 amide bonds. The van der Waals surface area contributed by atoms with Gasteiger partial charge in [-0.3, -0.25) is 14.9 Å². The van der Waals surface area contributed by atoms with Crippen LogP contribution in [0.25, 0.3) is 22.8 Å². The summed E-state index contributed by atoms with van der Waals surface area (Å²) in [6.45, 7) is 6.18. The molecule has 0 spiro atoms. The van der Waals surface area contributed by atoms with Crippen molar-refractivity contribution in [2.24, 2.45) is 0 Å². The molecule has 37 heavy (non-hydrogen) atoms. The number of nitrogens with one attached hydrogen (secondary N) is 1. The fourth-order valence-corrected chi connectivity index (χ4v) is 6.02. The first kappa shape index (κ1) is 25.4. The predicted octanol–water partition coefficient (Wildman–Crippen LogP) is 8.06. The highest BCUT2D eigenvalue weighted by Crippen LogP contribution is 2.46. The molecule has 0 saturated carbocycles. The van der Waals surface area contributed by atoms with Crippen LogP contribution in [0.3, 0.4) is 0 Å². The fourth-order valence-electron chi connectivity index (χ4n) is 4.68. The van der Waals surface area contributed by atoms with Gasteiger partial charge in [-0.2, -0.15) is 11.3 Å². The van der Waals surface area contributed by atoms with Crippen LogP contribution in [0.5, 0.6) is 5.75 Å². The zero-order valence-electron chi connectivity index (χ0n) is 20.2. The first-order valence-corrected chi connectivity index (χ1v) is 13.2. The molecule has 1 aromatic heterocycles. The predicted molar refractivity (Wildman–Crippen MR) is 141 cm³/mol. The zero-order chi connectivity index (χ0) is 26.5. The highest BCUT2D eigenvalue weighted by atomic mass is 32.2. The summed E-state index contributed by atoms with van der Waals surface area (Å²) in [5.41, 5.74) is 6.18. The van der Waals surface area contributed by atoms with Gasteiger partial charge in [-0.15, -0.1) is 13.2 Å². The summed E-state index contributed by atoms with van der Waals surface area (Å²) in [5, 5.41) is 5.75. The van der Waals surface area contributed by atoms with E-state index in [0.29, 0.717) is 11.1 Å². The number of allylic oxidation sites excluding steroid dienone is 1. The van der Waals surface area contributed by atoms with Crippen molar-refractivity contribution in [1.82, 2.24) is 5.32 Å². The minimum Gasteiger partial charge on any atom is -0.405 e. The van der Waals surface area contributed by atoms with Crippen LogP contribution < -0.4 is 10.1 Å². The largest absolute Gasteiger partial charge is 0.573 e. The Hall–Kier alpha value is -3.30. The number of rotatable bonds is 4. The van der Waals surface area contributed by atoms with Crippen molar-refractivity contribution in [3.05, 3.63) is 86.0 Å². The molecule has 190 valence electrons. The van der Waals surface area contributed by atoms with Crippen molar-refractivity contribution >= 4 is 45.9 Å². The number of thioether (sulfide) groups is 1. The van der Waals surface area contributed by atoms with Crippen LogP contribution in [0, 0.1) is 6.92 Å². The Bertz CT molecular complexity index is 1490. The normalized spacial score (nSPS) is 18.0. The number of alkyl halides is 3. The van der Waals surface area contributed by atoms with Gasteiger partial charge in [0.2, 0.25) is 0 Å². The Balaban J connectivity index is 1.70. The summed E-state index contributed by atoms with van der Waals surface area (Å²) in [4.78, 5) is 23.8. The number of carbonyl (C=O) groups excluding carboxylic acids is 2. The maximum absolute atomic E-state index is 13.3. The lowest BCUT2D eigenvalue weighted by Crippen LogP contribution is -2.22. The van der Waals surface area contributed by atoms with Crippen LogP contribution in [0.4, 0.5) is 18.0 Å². The highest BCUT2D eigenvalue weighted by molar-refractivity contribution is 8.18. The monoisotopic (exact) mass is 541 g/mol. The van der Waals surface area contributed by atoms with Gasteiger partial charge in [-0.1, -0.05) is 32.1 Å². The smallest absolute Gasteiger partial charge is 0.405 e. The molecule has 0 radical (unpaired) electrons. The average Bonchev–Trinajstić information content (AvgIpc) is 3.44. The first-order chi connectivity index (χ1) is 17.4. The standard InChI is InChI=1S/C28H22F3NO3S2/c1-15-10-22-20(18(6-8-27(22,2)3)17-7-9-36-14-17)13-19(15)21-11-16(4-5-23(21)35-28(29,30)31)12-24-25(33)32-26(34)37-24/h4-7,9-14H,8H2,1-3H3,(H,32,33,34). The zero-order valence-corrected chi connectivity index (χ0v) is 21.8. The molecule has 1 aliphatic heterocycles. The molecule has 0 atom stereocenters. The van der Waals surface area contributed by atoms with Crippen molar-refractivity contribution in [2.75, 3.05) is 0 Å². The number of fused-ring (bicyclic) bond motifs is 1. The van der Waals surface area contributed by atoms with Crippen molar-refractivity contribution in [3.63, 3.8) is 0 Å². The Kier molecular flexibility index (Phi) is 6.32. The van der Waals surface area contributed by atoms with E-state index in [4.69, 9.17) is 0 Å². The Morgan fingerprint density at radius 3 is 2.49 bits per heavy atom. The molecular weight excluding hydrogens is 519 g/mol. The first-order valence-electron chi connectivity index (χ1n) is 11.4. The third-order valence-corrected chi connectivity index (χ3v) is 7.99. The maximum Gasteiger partial charge on any atom is 0.573 e. The molecule has 2 heterocycles. The number of imide groups is 1. The van der Waals surface area contributed by atoms with Gasteiger partial charge < -0.3 is 4.74 Å². The summed E-state index contributed by atoms with van der Waals surface area (Å²) in [5.74, 6) is -0.877. The van der Waals surface area contributed by atoms with Gasteiger partial charge in [0, 0.05) is 5.56 Å². The van der Waals surface area contributed by atoms with Crippen LogP contribution in [0.1, 0.15) is 48.1 Å². The van der Waals surface area contributed by atoms with E-state index in [2.05, 4.69) is 35.4 Å². The lowest BCUT2D eigenvalue weighted by molar-refractivity contribution is -0.274. The van der Waals surface area contributed by atoms with Gasteiger partial charge in [0.05, 0.1) is 4.91 Å². The third kappa shape index (κ3) is 5.10. The van der Waals surface area contributed by atoms with Gasteiger partial charge in [0.15, 0.2) is 0 Å². The fraction of sp³-hybridized carbons (Fsp3) is 0.214. The van der Waals surface area contributed by atoms with Gasteiger partial charge >= 0.3 is 6.36 Å². The number of amides is 2. The summed E-state index contributed by atoms with van der Waals surface area (Å²) in [6.07, 6.45) is -0.369. The topological polar surface area (TPSA) is 55.4 Å². The molecule has 2 aromatic carbocycles. The van der Waals surface area contributed by atoms with Crippen molar-refractivity contribution in [1.29, 1.82) is 0 Å². The molecule has 0 bridgehead atoms. The number of thiophene rings is 1. The SMILES string of the molecule is Cc1cc2c(cc1-c1cc(C=C3SC(=O)NC3=O)ccc1OC(F)(F)F)C(c1ccsc1)=CCC2(C)C. The van der Waals surface area contributed by atoms with Gasteiger partial charge in [0.1, 0.15) is 5.75 Å². The molecule has 2 aliphatic rings. The second-order valence-corrected chi connectivity index (χ2v) is 11.4. The Morgan fingerprint density at radius 2 is 1.84 bits per heavy atom. The van der Waals surface area contributed by atoms with Crippen molar-refractivity contribution in [3.8, 4) is 16.9 Å². The van der Waals surface area contributed by atoms with Crippen molar-refractivity contribution in [2.45, 2.75) is 39.0 Å². The summed E-state index contributed by atoms with van der Waals surface area (Å²) in [7, 11) is 0. The summed E-state index contributed by atoms with van der Waals surface area (Å²) < 4.78 is 44.5. The van der Waals surface area contributed by atoms with E-state index in [9.17, 15) is 22.8 Å². The van der Waals surface area contributed by atoms with Crippen LogP contribution >= 0.6 is 23.1 Å². The molecular formula is C28H22F3NO3S2. The number of benzene rings is 2. The third-order valence-electron chi connectivity index (χ3n) is 6.49. The second-order valence-electron chi connectivity index (χ2n) is 9.59. The minimum atomic E-state index is -4.88. The number of hydrogen-bond donors (Lipinski definition) is 1. The van der Waals surface area contributed by atoms with E-state index in [0.717, 1.165) is 46.0 Å². The van der Waals surface area contributed by atoms with E-state index in [1.54, 1.807) is 17.4 Å². The molecule has 1 aliphatic carbocycles. The number of ether oxygens (including phenoxy) is 1. The van der Waals surface area contributed by atoms with Crippen LogP contribution in [-0.2, 0) is 10.2 Å². The Labute approximate surface area is 220 Å². The maximum atomic E-state index is 13.3. The molecule has 1 fully saturated rings. The van der Waals surface area contributed by atoms with E-state index in [1.807, 2.05) is 30.5 Å². The number of carbonyl (C=O) groups is 2. The van der Waals surface area contributed by atoms with Crippen LogP contribution in [0.2, 0.25) is 0 Å². The number of hydrogen-bond acceptors (Lipinski definition) is 5. The molecule has 3 aromatic rings. The molecule has 1 N–H and O–H groups in total. The number of halogens is 3. The van der Waals surface area contributed by atoms with Gasteiger partial charge in [-0.05, 0) is 111 Å². The van der Waals surface area contributed by atoms with Gasteiger partial charge in [0.25, 0.3) is 11.1 Å². The second kappa shape index (κ2) is 9.22. The minimum absolute atomic E-state index is 0.144. The van der Waals surface area contributed by atoms with Crippen LogP contribution in [-0.4, -0.2) is 17.5 Å². The number of aryl methyl sites for hydroxylation is 1. The Morgan fingerprint density at radius 1 is 1.05 bits per heavy atom. The van der Waals surface area contributed by atoms with E-state index >= 15 is 0 Å². The lowest BCUT2D eigenvalue weighted by Gasteiger charge is -2.33. The average molecular weight is 542 g/mol. The van der Waals surface area contributed by atoms with E-state index in [-0.39, 0.29) is 21.6 Å². The molecule has 5 rings (SSSR count). The van der Waals surface area contributed by atoms with Crippen molar-refractivity contribution < 1.29 is 27.5 Å². The summed E-state index contributed by atoms with van der Waals surface area (Å²) in [6, 6.07) is 10.3. The van der Waals surface area contributed by atoms with E-state index < -0.39 is 17.5 Å².